The van der Waals surface area contributed by atoms with Crippen LogP contribution in [0.3, 0.4) is 0 Å². The minimum Gasteiger partial charge on any atom is -0.378 e. The maximum absolute atomic E-state index is 12.1. The molecule has 3 atom stereocenters. The summed E-state index contributed by atoms with van der Waals surface area (Å²) >= 11 is 0. The quantitative estimate of drug-likeness (QED) is 0.726. The minimum atomic E-state index is -0.525. The molecule has 0 aromatic carbocycles. The Balaban J connectivity index is 1.97. The van der Waals surface area contributed by atoms with Gasteiger partial charge in [-0.05, 0) is 12.8 Å². The third kappa shape index (κ3) is 2.68. The highest BCUT2D eigenvalue weighted by molar-refractivity contribution is 5.86. The van der Waals surface area contributed by atoms with Crippen LogP contribution in [0.5, 0.6) is 0 Å². The van der Waals surface area contributed by atoms with Gasteiger partial charge in [0.25, 0.3) is 0 Å². The second kappa shape index (κ2) is 5.18. The van der Waals surface area contributed by atoms with Crippen molar-refractivity contribution in [2.45, 2.75) is 37.3 Å². The molecule has 4 heteroatoms. The standard InChI is InChI=1S/C13H19NO3/c1-2-3-11(14)12(15)10-4-6-17-13(8-10)5-7-16-9-13/h1,10-11H,3-9,14H2. The van der Waals surface area contributed by atoms with Crippen LogP contribution < -0.4 is 5.73 Å². The summed E-state index contributed by atoms with van der Waals surface area (Å²) in [6.45, 7) is 1.93. The van der Waals surface area contributed by atoms with Gasteiger partial charge in [0.15, 0.2) is 5.78 Å². The molecule has 2 aliphatic heterocycles. The average molecular weight is 237 g/mol. The third-order valence-electron chi connectivity index (χ3n) is 3.67. The molecule has 17 heavy (non-hydrogen) atoms. The normalized spacial score (nSPS) is 34.5. The van der Waals surface area contributed by atoms with Crippen LogP contribution in [0.25, 0.3) is 0 Å². The summed E-state index contributed by atoms with van der Waals surface area (Å²) in [5.74, 6) is 2.51. The number of carbonyl (C=O) groups is 1. The highest BCUT2D eigenvalue weighted by atomic mass is 16.6. The van der Waals surface area contributed by atoms with Crippen LogP contribution >= 0.6 is 0 Å². The van der Waals surface area contributed by atoms with Gasteiger partial charge >= 0.3 is 0 Å². The lowest BCUT2D eigenvalue weighted by Gasteiger charge is -2.37. The summed E-state index contributed by atoms with van der Waals surface area (Å²) < 4.78 is 11.2. The summed E-state index contributed by atoms with van der Waals surface area (Å²) in [6.07, 6.45) is 7.86. The van der Waals surface area contributed by atoms with Crippen molar-refractivity contribution in [3.05, 3.63) is 0 Å². The zero-order valence-corrected chi connectivity index (χ0v) is 9.98. The van der Waals surface area contributed by atoms with Crippen molar-refractivity contribution in [1.29, 1.82) is 0 Å². The number of ketones is 1. The molecule has 94 valence electrons. The second-order valence-corrected chi connectivity index (χ2v) is 4.94. The van der Waals surface area contributed by atoms with Crippen molar-refractivity contribution in [3.63, 3.8) is 0 Å². The molecule has 2 aliphatic rings. The maximum atomic E-state index is 12.1. The van der Waals surface area contributed by atoms with Crippen LogP contribution in [0.15, 0.2) is 0 Å². The molecule has 2 N–H and O–H groups in total. The largest absolute Gasteiger partial charge is 0.378 e. The number of hydrogen-bond acceptors (Lipinski definition) is 4. The van der Waals surface area contributed by atoms with E-state index in [0.29, 0.717) is 19.6 Å². The predicted molar refractivity (Wildman–Crippen MR) is 63.3 cm³/mol. The van der Waals surface area contributed by atoms with E-state index in [-0.39, 0.29) is 17.3 Å². The van der Waals surface area contributed by atoms with Crippen molar-refractivity contribution in [3.8, 4) is 12.3 Å². The number of ether oxygens (including phenoxy) is 2. The molecule has 0 amide bonds. The summed E-state index contributed by atoms with van der Waals surface area (Å²) in [5.41, 5.74) is 5.54. The van der Waals surface area contributed by atoms with Gasteiger partial charge in [-0.2, -0.15) is 0 Å². The van der Waals surface area contributed by atoms with Gasteiger partial charge in [0.05, 0.1) is 18.2 Å². The fourth-order valence-corrected chi connectivity index (χ4v) is 2.66. The van der Waals surface area contributed by atoms with E-state index in [2.05, 4.69) is 5.92 Å². The molecule has 0 radical (unpaired) electrons. The Morgan fingerprint density at radius 2 is 2.41 bits per heavy atom. The molecular formula is C13H19NO3. The number of carbonyl (C=O) groups excluding carboxylic acids is 1. The molecule has 0 aliphatic carbocycles. The molecule has 2 fully saturated rings. The first-order chi connectivity index (χ1) is 8.17. The van der Waals surface area contributed by atoms with Crippen LogP contribution in [0, 0.1) is 18.3 Å². The molecule has 0 saturated carbocycles. The number of hydrogen-bond donors (Lipinski definition) is 1. The summed E-state index contributed by atoms with van der Waals surface area (Å²) in [7, 11) is 0. The Morgan fingerprint density at radius 3 is 3.06 bits per heavy atom. The summed E-state index contributed by atoms with van der Waals surface area (Å²) in [4.78, 5) is 12.1. The Labute approximate surface area is 102 Å². The van der Waals surface area contributed by atoms with Crippen LogP contribution in [-0.4, -0.2) is 37.2 Å². The first-order valence-corrected chi connectivity index (χ1v) is 6.11. The van der Waals surface area contributed by atoms with Crippen LogP contribution in [0.4, 0.5) is 0 Å². The van der Waals surface area contributed by atoms with Crippen molar-refractivity contribution < 1.29 is 14.3 Å². The van der Waals surface area contributed by atoms with E-state index >= 15 is 0 Å². The smallest absolute Gasteiger partial charge is 0.153 e. The van der Waals surface area contributed by atoms with E-state index in [4.69, 9.17) is 21.6 Å². The topological polar surface area (TPSA) is 61.6 Å². The predicted octanol–water partition coefficient (Wildman–Crippen LogP) is 0.492. The van der Waals surface area contributed by atoms with Crippen LogP contribution in [0.2, 0.25) is 0 Å². The first-order valence-electron chi connectivity index (χ1n) is 6.11. The molecule has 0 aromatic rings. The molecule has 4 nitrogen and oxygen atoms in total. The molecule has 0 bridgehead atoms. The number of terminal acetylenes is 1. The minimum absolute atomic E-state index is 0.0196. The van der Waals surface area contributed by atoms with E-state index in [1.807, 2.05) is 0 Å². The third-order valence-corrected chi connectivity index (χ3v) is 3.67. The number of Topliss-reactive ketones (excluding diaryl/α,β-unsaturated/α-hetero) is 1. The van der Waals surface area contributed by atoms with E-state index in [1.165, 1.54) is 0 Å². The molecule has 2 rings (SSSR count). The monoisotopic (exact) mass is 237 g/mol. The highest BCUT2D eigenvalue weighted by Crippen LogP contribution is 2.36. The van der Waals surface area contributed by atoms with E-state index in [1.54, 1.807) is 0 Å². The first kappa shape index (κ1) is 12.6. The molecule has 2 heterocycles. The second-order valence-electron chi connectivity index (χ2n) is 4.94. The average Bonchev–Trinajstić information content (AvgIpc) is 2.76. The molecule has 1 spiro atoms. The van der Waals surface area contributed by atoms with Gasteiger partial charge in [-0.25, -0.2) is 0 Å². The van der Waals surface area contributed by atoms with Crippen LogP contribution in [0.1, 0.15) is 25.7 Å². The van der Waals surface area contributed by atoms with Gasteiger partial charge in [0, 0.05) is 32.0 Å². The van der Waals surface area contributed by atoms with Gasteiger partial charge in [-0.1, -0.05) is 0 Å². The van der Waals surface area contributed by atoms with Crippen molar-refractivity contribution in [2.75, 3.05) is 19.8 Å². The van der Waals surface area contributed by atoms with Gasteiger partial charge in [-0.3, -0.25) is 4.79 Å². The maximum Gasteiger partial charge on any atom is 0.153 e. The van der Waals surface area contributed by atoms with Gasteiger partial charge in [0.1, 0.15) is 0 Å². The molecule has 3 unspecified atom stereocenters. The van der Waals surface area contributed by atoms with Crippen LogP contribution in [-0.2, 0) is 14.3 Å². The molecular weight excluding hydrogens is 218 g/mol. The van der Waals surface area contributed by atoms with Crippen molar-refractivity contribution in [2.24, 2.45) is 11.7 Å². The van der Waals surface area contributed by atoms with Crippen molar-refractivity contribution in [1.82, 2.24) is 0 Å². The van der Waals surface area contributed by atoms with E-state index in [9.17, 15) is 4.79 Å². The van der Waals surface area contributed by atoms with E-state index < -0.39 is 6.04 Å². The highest BCUT2D eigenvalue weighted by Gasteiger charge is 2.43. The Kier molecular flexibility index (Phi) is 3.82. The Bertz CT molecular complexity index is 328. The fraction of sp³-hybridized carbons (Fsp3) is 0.769. The van der Waals surface area contributed by atoms with Gasteiger partial charge in [0.2, 0.25) is 0 Å². The summed E-state index contributed by atoms with van der Waals surface area (Å²) in [5, 5.41) is 0. The zero-order chi connectivity index (χ0) is 12.3. The zero-order valence-electron chi connectivity index (χ0n) is 9.98. The lowest BCUT2D eigenvalue weighted by atomic mass is 9.81. The SMILES string of the molecule is C#CCC(N)C(=O)C1CCOC2(CCOC2)C1. The number of nitrogens with two attached hydrogens (primary N) is 1. The Hall–Kier alpha value is -0.890. The molecule has 2 saturated heterocycles. The fourth-order valence-electron chi connectivity index (χ4n) is 2.66. The lowest BCUT2D eigenvalue weighted by Crippen LogP contribution is -2.46. The van der Waals surface area contributed by atoms with Crippen molar-refractivity contribution >= 4 is 5.78 Å². The molecule has 0 aromatic heterocycles. The Morgan fingerprint density at radius 1 is 1.59 bits per heavy atom. The van der Waals surface area contributed by atoms with Gasteiger partial charge in [-0.15, -0.1) is 12.3 Å². The lowest BCUT2D eigenvalue weighted by molar-refractivity contribution is -0.138. The number of rotatable bonds is 3. The summed E-state index contributed by atoms with van der Waals surface area (Å²) in [6, 6.07) is -0.525. The van der Waals surface area contributed by atoms with E-state index in [0.717, 1.165) is 25.9 Å². The van der Waals surface area contributed by atoms with Gasteiger partial charge < -0.3 is 15.2 Å².